The highest BCUT2D eigenvalue weighted by molar-refractivity contribution is 5.93. The van der Waals surface area contributed by atoms with Crippen LogP contribution in [-0.4, -0.2) is 53.0 Å². The SMILES string of the molecule is CN(CCc1ccccn1)CC1CC(c2ccc(CO)cc2)OC(c2ccc(-c3ccccc3CNC(=O)CCCCCCC(=O)Nc3ccccc3N)cc2)O1. The Morgan fingerprint density at radius 3 is 2.25 bits per heavy atom. The molecule has 0 spiro atoms. The molecule has 6 rings (SSSR count). The number of aliphatic hydroxyl groups is 1. The lowest BCUT2D eigenvalue weighted by atomic mass is 9.97. The van der Waals surface area contributed by atoms with E-state index in [0.29, 0.717) is 37.2 Å². The van der Waals surface area contributed by atoms with E-state index < -0.39 is 6.29 Å². The van der Waals surface area contributed by atoms with Crippen molar-refractivity contribution in [2.45, 2.75) is 83.0 Å². The maximum absolute atomic E-state index is 12.8. The standard InChI is InChI=1S/C47H55N5O5/c1-52(29-27-39-13-10-11-28-49-39)32-40-30-44(36-21-19-34(33-53)20-22-36)57-47(56-40)37-25-23-35(24-26-37)41-14-7-6-12-38(41)31-50-45(54)17-4-2-3-5-18-46(55)51-43-16-9-8-15-42(43)48/h6-16,19-26,28,40,44,47,53H,2-5,17-18,27,29-33,48H2,1H3,(H,50,54)(H,51,55). The van der Waals surface area contributed by atoms with E-state index in [9.17, 15) is 14.7 Å². The molecule has 4 aromatic carbocycles. The predicted molar refractivity (Wildman–Crippen MR) is 225 cm³/mol. The summed E-state index contributed by atoms with van der Waals surface area (Å²) in [5, 5.41) is 15.6. The second-order valence-electron chi connectivity index (χ2n) is 14.8. The number of likely N-dealkylation sites (N-methyl/N-ethyl adjacent to an activating group) is 1. The zero-order valence-electron chi connectivity index (χ0n) is 32.8. The van der Waals surface area contributed by atoms with Gasteiger partial charge in [-0.05, 0) is 72.0 Å². The number of unbranched alkanes of at least 4 members (excludes halogenated alkanes) is 3. The van der Waals surface area contributed by atoms with Crippen molar-refractivity contribution in [1.29, 1.82) is 0 Å². The highest BCUT2D eigenvalue weighted by Gasteiger charge is 2.33. The zero-order valence-corrected chi connectivity index (χ0v) is 32.8. The number of anilines is 2. The minimum atomic E-state index is -0.551. The Bertz CT molecular complexity index is 2010. The Labute approximate surface area is 336 Å². The van der Waals surface area contributed by atoms with Crippen molar-refractivity contribution in [3.8, 4) is 11.1 Å². The first-order chi connectivity index (χ1) is 27.8. The molecular formula is C47H55N5O5. The van der Waals surface area contributed by atoms with Crippen molar-refractivity contribution in [2.24, 2.45) is 0 Å². The van der Waals surface area contributed by atoms with Gasteiger partial charge < -0.3 is 35.8 Å². The number of benzene rings is 4. The molecule has 5 aromatic rings. The van der Waals surface area contributed by atoms with Gasteiger partial charge in [0.15, 0.2) is 6.29 Å². The third kappa shape index (κ3) is 12.6. The van der Waals surface area contributed by atoms with Crippen LogP contribution in [0.3, 0.4) is 0 Å². The number of amides is 2. The molecule has 1 saturated heterocycles. The number of nitrogen functional groups attached to an aromatic ring is 1. The Morgan fingerprint density at radius 2 is 1.51 bits per heavy atom. The summed E-state index contributed by atoms with van der Waals surface area (Å²) in [5.74, 6) is -0.0352. The molecule has 3 unspecified atom stereocenters. The van der Waals surface area contributed by atoms with Crippen molar-refractivity contribution in [3.05, 3.63) is 149 Å². The first-order valence-electron chi connectivity index (χ1n) is 20.0. The molecular weight excluding hydrogens is 715 g/mol. The lowest BCUT2D eigenvalue weighted by molar-refractivity contribution is -0.252. The van der Waals surface area contributed by atoms with Crippen LogP contribution >= 0.6 is 0 Å². The quantitative estimate of drug-likeness (QED) is 0.0488. The van der Waals surface area contributed by atoms with Crippen molar-refractivity contribution in [1.82, 2.24) is 15.2 Å². The summed E-state index contributed by atoms with van der Waals surface area (Å²) < 4.78 is 13.2. The number of carbonyl (C=O) groups is 2. The average molecular weight is 770 g/mol. The van der Waals surface area contributed by atoms with Gasteiger partial charge in [0.25, 0.3) is 0 Å². The average Bonchev–Trinajstić information content (AvgIpc) is 3.24. The molecule has 1 aliphatic rings. The number of nitrogens with two attached hydrogens (primary N) is 1. The minimum Gasteiger partial charge on any atom is -0.397 e. The third-order valence-electron chi connectivity index (χ3n) is 10.4. The number of pyridine rings is 1. The summed E-state index contributed by atoms with van der Waals surface area (Å²) in [6.45, 7) is 2.04. The van der Waals surface area contributed by atoms with Crippen molar-refractivity contribution in [3.63, 3.8) is 0 Å². The first-order valence-corrected chi connectivity index (χ1v) is 20.0. The number of para-hydroxylation sites is 2. The van der Waals surface area contributed by atoms with Crippen LogP contribution < -0.4 is 16.4 Å². The number of ether oxygens (including phenoxy) is 2. The number of nitrogens with one attached hydrogen (secondary N) is 2. The molecule has 0 saturated carbocycles. The van der Waals surface area contributed by atoms with Crippen LogP contribution in [0.5, 0.6) is 0 Å². The van der Waals surface area contributed by atoms with Gasteiger partial charge in [-0.1, -0.05) is 104 Å². The fourth-order valence-corrected chi connectivity index (χ4v) is 7.13. The Balaban J connectivity index is 1.01. The van der Waals surface area contributed by atoms with Gasteiger partial charge in [0.1, 0.15) is 0 Å². The molecule has 1 fully saturated rings. The summed E-state index contributed by atoms with van der Waals surface area (Å²) in [7, 11) is 2.12. The summed E-state index contributed by atoms with van der Waals surface area (Å²) in [5.41, 5.74) is 14.2. The number of hydrogen-bond acceptors (Lipinski definition) is 8. The van der Waals surface area contributed by atoms with Crippen LogP contribution in [0.25, 0.3) is 11.1 Å². The number of nitrogens with zero attached hydrogens (tertiary/aromatic N) is 2. The monoisotopic (exact) mass is 769 g/mol. The van der Waals surface area contributed by atoms with E-state index in [-0.39, 0.29) is 30.6 Å². The maximum Gasteiger partial charge on any atom is 0.224 e. The van der Waals surface area contributed by atoms with E-state index >= 15 is 0 Å². The number of hydrogen-bond donors (Lipinski definition) is 4. The van der Waals surface area contributed by atoms with Gasteiger partial charge in [0.05, 0.1) is 30.2 Å². The first kappa shape index (κ1) is 41.2. The summed E-state index contributed by atoms with van der Waals surface area (Å²) in [6, 6.07) is 37.6. The lowest BCUT2D eigenvalue weighted by Crippen LogP contribution is -2.38. The molecule has 2 amide bonds. The molecule has 1 aromatic heterocycles. The molecule has 1 aliphatic heterocycles. The molecule has 2 heterocycles. The van der Waals surface area contributed by atoms with Gasteiger partial charge in [0, 0.05) is 62.8 Å². The molecule has 10 nitrogen and oxygen atoms in total. The normalized spacial score (nSPS) is 16.6. The van der Waals surface area contributed by atoms with Crippen LogP contribution in [-0.2, 0) is 38.6 Å². The van der Waals surface area contributed by atoms with Gasteiger partial charge in [-0.25, -0.2) is 0 Å². The molecule has 10 heteroatoms. The Kier molecular flexibility index (Phi) is 15.4. The van der Waals surface area contributed by atoms with Crippen molar-refractivity contribution >= 4 is 23.2 Å². The molecule has 298 valence electrons. The van der Waals surface area contributed by atoms with Gasteiger partial charge >= 0.3 is 0 Å². The topological polar surface area (TPSA) is 139 Å². The van der Waals surface area contributed by atoms with Crippen LogP contribution in [0.15, 0.2) is 121 Å². The van der Waals surface area contributed by atoms with E-state index in [1.54, 1.807) is 12.1 Å². The molecule has 0 aliphatic carbocycles. The number of carbonyl (C=O) groups excluding carboxylic acids is 2. The van der Waals surface area contributed by atoms with E-state index in [2.05, 4.69) is 64.0 Å². The second kappa shape index (κ2) is 21.2. The summed E-state index contributed by atoms with van der Waals surface area (Å²) >= 11 is 0. The van der Waals surface area contributed by atoms with Crippen LogP contribution in [0.1, 0.15) is 85.3 Å². The van der Waals surface area contributed by atoms with Crippen molar-refractivity contribution < 1.29 is 24.2 Å². The largest absolute Gasteiger partial charge is 0.397 e. The molecule has 57 heavy (non-hydrogen) atoms. The fourth-order valence-electron chi connectivity index (χ4n) is 7.13. The molecule has 5 N–H and O–H groups in total. The van der Waals surface area contributed by atoms with Gasteiger partial charge in [-0.15, -0.1) is 0 Å². The van der Waals surface area contributed by atoms with Crippen LogP contribution in [0.2, 0.25) is 0 Å². The highest BCUT2D eigenvalue weighted by atomic mass is 16.7. The Hall–Kier alpha value is -5.39. The Morgan fingerprint density at radius 1 is 0.807 bits per heavy atom. The second-order valence-corrected chi connectivity index (χ2v) is 14.8. The highest BCUT2D eigenvalue weighted by Crippen LogP contribution is 2.39. The summed E-state index contributed by atoms with van der Waals surface area (Å²) in [4.78, 5) is 31.8. The predicted octanol–water partition coefficient (Wildman–Crippen LogP) is 8.14. The molecule has 3 atom stereocenters. The van der Waals surface area contributed by atoms with E-state index in [1.165, 1.54) is 0 Å². The van der Waals surface area contributed by atoms with E-state index in [0.717, 1.165) is 84.3 Å². The minimum absolute atomic E-state index is 0.0000337. The third-order valence-corrected chi connectivity index (χ3v) is 10.4. The molecule has 0 bridgehead atoms. The maximum atomic E-state index is 12.8. The number of rotatable bonds is 19. The van der Waals surface area contributed by atoms with Crippen LogP contribution in [0.4, 0.5) is 11.4 Å². The van der Waals surface area contributed by atoms with E-state index in [4.69, 9.17) is 15.2 Å². The van der Waals surface area contributed by atoms with E-state index in [1.807, 2.05) is 72.9 Å². The van der Waals surface area contributed by atoms with Crippen LogP contribution in [0, 0.1) is 0 Å². The van der Waals surface area contributed by atoms with Gasteiger partial charge in [0.2, 0.25) is 11.8 Å². The van der Waals surface area contributed by atoms with Gasteiger partial charge in [-0.2, -0.15) is 0 Å². The molecule has 0 radical (unpaired) electrons. The lowest BCUT2D eigenvalue weighted by Gasteiger charge is -2.38. The fraction of sp³-hybridized carbons (Fsp3) is 0.340. The van der Waals surface area contributed by atoms with Crippen molar-refractivity contribution in [2.75, 3.05) is 31.2 Å². The summed E-state index contributed by atoms with van der Waals surface area (Å²) in [6.07, 6.45) is 6.78. The van der Waals surface area contributed by atoms with Gasteiger partial charge in [-0.3, -0.25) is 14.6 Å². The zero-order chi connectivity index (χ0) is 39.8. The number of aliphatic hydroxyl groups excluding tert-OH is 1. The number of aromatic nitrogens is 1. The smallest absolute Gasteiger partial charge is 0.224 e.